The van der Waals surface area contributed by atoms with Crippen LogP contribution in [-0.4, -0.2) is 24.5 Å². The first-order valence-corrected chi connectivity index (χ1v) is 11.2. The van der Waals surface area contributed by atoms with E-state index in [1.54, 1.807) is 49.1 Å². The van der Waals surface area contributed by atoms with Crippen molar-refractivity contribution in [3.63, 3.8) is 0 Å². The number of rotatable bonds is 4. The van der Waals surface area contributed by atoms with Crippen LogP contribution in [0.5, 0.6) is 0 Å². The molecule has 1 aliphatic rings. The van der Waals surface area contributed by atoms with E-state index in [1.807, 2.05) is 25.3 Å². The average Bonchev–Trinajstić information content (AvgIpc) is 3.22. The highest BCUT2D eigenvalue weighted by atomic mass is 32.2. The summed E-state index contributed by atoms with van der Waals surface area (Å²) >= 11 is 0. The zero-order valence-corrected chi connectivity index (χ0v) is 18.1. The Balaban J connectivity index is 1.96. The number of hydrogen-bond acceptors (Lipinski definition) is 4. The number of carbonyl (C=O) groups excluding carboxylic acids is 1. The first kappa shape index (κ1) is 20.7. The molecular weight excluding hydrogens is 414 g/mol. The van der Waals surface area contributed by atoms with Gasteiger partial charge >= 0.3 is 0 Å². The number of fused-ring (bicyclic) bond motifs is 1. The van der Waals surface area contributed by atoms with Crippen molar-refractivity contribution in [2.24, 2.45) is 4.40 Å². The third-order valence-corrected chi connectivity index (χ3v) is 6.40. The predicted octanol–water partition coefficient (Wildman–Crippen LogP) is 2.38. The highest BCUT2D eigenvalue weighted by molar-refractivity contribution is 7.90. The minimum absolute atomic E-state index is 0.0474. The number of benzene rings is 2. The fourth-order valence-electron chi connectivity index (χ4n) is 3.36. The lowest BCUT2D eigenvalue weighted by atomic mass is 9.91. The van der Waals surface area contributed by atoms with Crippen LogP contribution in [0.3, 0.4) is 0 Å². The topological polar surface area (TPSA) is 95.4 Å². The maximum atomic E-state index is 13.3. The lowest BCUT2D eigenvalue weighted by Crippen LogP contribution is -2.34. The van der Waals surface area contributed by atoms with Gasteiger partial charge in [-0.15, -0.1) is 0 Å². The number of Topliss-reactive ketones (excluding diaryl/α,β-unsaturated/α-hetero) is 1. The molecule has 0 spiro atoms. The molecule has 1 heterocycles. The molecule has 31 heavy (non-hydrogen) atoms. The van der Waals surface area contributed by atoms with Crippen molar-refractivity contribution in [3.05, 3.63) is 83.9 Å². The van der Waals surface area contributed by atoms with Gasteiger partial charge in [0, 0.05) is 5.56 Å². The SMILES string of the molecule is Cc1ccc(S(=O)(=O)N=C2C(=O)c3ccccc3C([O-])=C2n2cc[n+](C(C)C)c2)cc1. The number of ketones is 1. The summed E-state index contributed by atoms with van der Waals surface area (Å²) in [6.45, 7) is 5.77. The number of carbonyl (C=O) groups is 1. The van der Waals surface area contributed by atoms with Gasteiger partial charge in [-0.1, -0.05) is 42.0 Å². The molecule has 2 aromatic carbocycles. The number of nitrogens with zero attached hydrogens (tertiary/aromatic N) is 3. The largest absolute Gasteiger partial charge is 0.869 e. The molecule has 0 unspecified atom stereocenters. The molecule has 0 N–H and O–H groups in total. The Morgan fingerprint density at radius 2 is 1.68 bits per heavy atom. The molecule has 0 fully saturated rings. The first-order chi connectivity index (χ1) is 14.7. The van der Waals surface area contributed by atoms with Crippen LogP contribution in [0.25, 0.3) is 11.5 Å². The molecule has 7 nitrogen and oxygen atoms in total. The lowest BCUT2D eigenvalue weighted by Gasteiger charge is -2.24. The number of sulfonamides is 1. The van der Waals surface area contributed by atoms with E-state index in [9.17, 15) is 18.3 Å². The van der Waals surface area contributed by atoms with Gasteiger partial charge in [-0.05, 0) is 44.2 Å². The summed E-state index contributed by atoms with van der Waals surface area (Å²) in [5, 5.41) is 13.3. The van der Waals surface area contributed by atoms with E-state index in [1.165, 1.54) is 22.8 Å². The average molecular weight is 436 g/mol. The third-order valence-electron chi connectivity index (χ3n) is 5.11. The summed E-state index contributed by atoms with van der Waals surface area (Å²) in [5.41, 5.74) is 0.772. The Bertz CT molecular complexity index is 1350. The number of imidazole rings is 1. The highest BCUT2D eigenvalue weighted by Crippen LogP contribution is 2.30. The van der Waals surface area contributed by atoms with E-state index < -0.39 is 27.3 Å². The summed E-state index contributed by atoms with van der Waals surface area (Å²) in [4.78, 5) is 13.2. The molecule has 1 aliphatic carbocycles. The van der Waals surface area contributed by atoms with Crippen LogP contribution in [0.15, 0.2) is 76.5 Å². The second kappa shape index (κ2) is 7.63. The van der Waals surface area contributed by atoms with Gasteiger partial charge in [-0.25, -0.2) is 9.13 Å². The molecule has 1 aromatic heterocycles. The molecule has 0 saturated heterocycles. The van der Waals surface area contributed by atoms with Crippen LogP contribution in [0.1, 0.15) is 41.4 Å². The maximum absolute atomic E-state index is 13.3. The summed E-state index contributed by atoms with van der Waals surface area (Å²) in [7, 11) is -4.21. The Labute approximate surface area is 180 Å². The van der Waals surface area contributed by atoms with Crippen molar-refractivity contribution in [1.29, 1.82) is 0 Å². The second-order valence-electron chi connectivity index (χ2n) is 7.64. The van der Waals surface area contributed by atoms with E-state index in [-0.39, 0.29) is 27.8 Å². The van der Waals surface area contributed by atoms with E-state index in [4.69, 9.17) is 0 Å². The van der Waals surface area contributed by atoms with Crippen LogP contribution in [0, 0.1) is 6.92 Å². The van der Waals surface area contributed by atoms with Gasteiger partial charge in [0.15, 0.2) is 11.4 Å². The Morgan fingerprint density at radius 3 is 2.29 bits per heavy atom. The number of aromatic nitrogens is 2. The van der Waals surface area contributed by atoms with Gasteiger partial charge in [0.05, 0.1) is 10.9 Å². The van der Waals surface area contributed by atoms with Crippen LogP contribution in [0.2, 0.25) is 0 Å². The fourth-order valence-corrected chi connectivity index (χ4v) is 4.36. The summed E-state index contributed by atoms with van der Waals surface area (Å²) < 4.78 is 33.1. The fraction of sp³-hybridized carbons (Fsp3) is 0.174. The van der Waals surface area contributed by atoms with E-state index in [2.05, 4.69) is 4.40 Å². The van der Waals surface area contributed by atoms with Crippen molar-refractivity contribution in [1.82, 2.24) is 4.57 Å². The van der Waals surface area contributed by atoms with Gasteiger partial charge in [0.2, 0.25) is 12.1 Å². The Morgan fingerprint density at radius 1 is 1.03 bits per heavy atom. The maximum Gasteiger partial charge on any atom is 0.283 e. The van der Waals surface area contributed by atoms with E-state index in [0.717, 1.165) is 5.56 Å². The molecule has 0 bridgehead atoms. The van der Waals surface area contributed by atoms with Crippen molar-refractivity contribution in [3.8, 4) is 0 Å². The summed E-state index contributed by atoms with van der Waals surface area (Å²) in [5.74, 6) is -1.06. The number of aryl methyl sites for hydroxylation is 1. The standard InChI is InChI=1S/C23H21N3O4S/c1-15(2)25-12-13-26(14-25)21-20(22(27)18-6-4-5-7-19(18)23(21)28)24-31(29,30)17-10-8-16(3)9-11-17/h4-15H,1-3H3. The first-order valence-electron chi connectivity index (χ1n) is 9.75. The Hall–Kier alpha value is -3.52. The van der Waals surface area contributed by atoms with Crippen LogP contribution >= 0.6 is 0 Å². The van der Waals surface area contributed by atoms with Gasteiger partial charge in [0.1, 0.15) is 12.4 Å². The van der Waals surface area contributed by atoms with Crippen molar-refractivity contribution in [2.75, 3.05) is 0 Å². The van der Waals surface area contributed by atoms with E-state index in [0.29, 0.717) is 0 Å². The van der Waals surface area contributed by atoms with Crippen molar-refractivity contribution < 1.29 is 22.9 Å². The Kier molecular flexibility index (Phi) is 5.10. The smallest absolute Gasteiger partial charge is 0.283 e. The van der Waals surface area contributed by atoms with Gasteiger partial charge in [-0.2, -0.15) is 12.8 Å². The molecule has 8 heteroatoms. The molecule has 4 rings (SSSR count). The zero-order valence-electron chi connectivity index (χ0n) is 17.3. The lowest BCUT2D eigenvalue weighted by molar-refractivity contribution is -0.715. The molecule has 0 atom stereocenters. The number of hydrogen-bond donors (Lipinski definition) is 0. The van der Waals surface area contributed by atoms with Gasteiger partial charge in [0.25, 0.3) is 10.0 Å². The molecule has 158 valence electrons. The summed E-state index contributed by atoms with van der Waals surface area (Å²) in [6, 6.07) is 12.6. The molecule has 0 aliphatic heterocycles. The van der Waals surface area contributed by atoms with Crippen molar-refractivity contribution in [2.45, 2.75) is 31.7 Å². The monoisotopic (exact) mass is 435 g/mol. The minimum atomic E-state index is -4.21. The normalized spacial score (nSPS) is 15.6. The van der Waals surface area contributed by atoms with Gasteiger partial charge in [-0.3, -0.25) is 4.79 Å². The molecule has 0 amide bonds. The minimum Gasteiger partial charge on any atom is -0.869 e. The predicted molar refractivity (Wildman–Crippen MR) is 115 cm³/mol. The second-order valence-corrected chi connectivity index (χ2v) is 9.25. The molecule has 0 radical (unpaired) electrons. The molecule has 0 saturated carbocycles. The van der Waals surface area contributed by atoms with Crippen molar-refractivity contribution >= 4 is 33.0 Å². The van der Waals surface area contributed by atoms with E-state index >= 15 is 0 Å². The third kappa shape index (κ3) is 3.70. The zero-order chi connectivity index (χ0) is 22.3. The van der Waals surface area contributed by atoms with Crippen LogP contribution in [-0.2, 0) is 10.0 Å². The van der Waals surface area contributed by atoms with Crippen LogP contribution in [0.4, 0.5) is 0 Å². The molecular formula is C23H21N3O4S. The summed E-state index contributed by atoms with van der Waals surface area (Å²) in [6.07, 6.45) is 5.01. The number of allylic oxidation sites excluding steroid dienone is 1. The quantitative estimate of drug-likeness (QED) is 0.588. The highest BCUT2D eigenvalue weighted by Gasteiger charge is 2.33. The van der Waals surface area contributed by atoms with Gasteiger partial charge < -0.3 is 5.11 Å². The molecule has 3 aromatic rings. The van der Waals surface area contributed by atoms with Crippen LogP contribution < -0.4 is 9.67 Å².